The Hall–Kier alpha value is -0.400. The number of benzene rings is 1. The monoisotopic (exact) mass is 382 g/mol. The van der Waals surface area contributed by atoms with Crippen LogP contribution in [0.15, 0.2) is 12.1 Å². The molecule has 0 aromatic heterocycles. The van der Waals surface area contributed by atoms with Crippen molar-refractivity contribution in [1.82, 2.24) is 10.2 Å². The number of amides is 1. The second-order valence-electron chi connectivity index (χ2n) is 4.27. The Labute approximate surface area is 124 Å². The van der Waals surface area contributed by atoms with E-state index in [-0.39, 0.29) is 10.9 Å². The lowest BCUT2D eigenvalue weighted by molar-refractivity contribution is 0.0790. The van der Waals surface area contributed by atoms with Crippen molar-refractivity contribution in [1.29, 1.82) is 0 Å². The summed E-state index contributed by atoms with van der Waals surface area (Å²) < 4.78 is 13.7. The molecular formula is C12H13ClFIN2O. The van der Waals surface area contributed by atoms with Gasteiger partial charge in [-0.25, -0.2) is 4.39 Å². The molecule has 0 unspecified atom stereocenters. The van der Waals surface area contributed by atoms with E-state index in [1.165, 1.54) is 12.1 Å². The van der Waals surface area contributed by atoms with Crippen LogP contribution in [0, 0.1) is 9.39 Å². The lowest BCUT2D eigenvalue weighted by atomic mass is 10.2. The molecule has 18 heavy (non-hydrogen) atoms. The highest BCUT2D eigenvalue weighted by Crippen LogP contribution is 2.24. The van der Waals surface area contributed by atoms with E-state index in [1.807, 2.05) is 29.6 Å². The molecule has 6 heteroatoms. The van der Waals surface area contributed by atoms with E-state index >= 15 is 0 Å². The smallest absolute Gasteiger partial charge is 0.255 e. The number of likely N-dealkylation sites (N-methyl/N-ethyl adjacent to an activating group) is 1. The van der Waals surface area contributed by atoms with Crippen LogP contribution in [-0.2, 0) is 0 Å². The van der Waals surface area contributed by atoms with Crippen molar-refractivity contribution in [2.24, 2.45) is 0 Å². The van der Waals surface area contributed by atoms with Crippen molar-refractivity contribution < 1.29 is 9.18 Å². The Balaban J connectivity index is 2.22. The van der Waals surface area contributed by atoms with Gasteiger partial charge in [0.25, 0.3) is 5.91 Å². The molecule has 1 aromatic rings. The highest BCUT2D eigenvalue weighted by molar-refractivity contribution is 14.1. The van der Waals surface area contributed by atoms with Gasteiger partial charge in [0.05, 0.1) is 10.6 Å². The molecule has 1 aliphatic rings. The lowest BCUT2D eigenvalue weighted by Crippen LogP contribution is -2.33. The van der Waals surface area contributed by atoms with Crippen molar-refractivity contribution in [2.45, 2.75) is 12.5 Å². The van der Waals surface area contributed by atoms with E-state index in [0.717, 1.165) is 6.42 Å². The Morgan fingerprint density at radius 1 is 1.61 bits per heavy atom. The first-order valence-corrected chi connectivity index (χ1v) is 7.09. The normalized spacial score (nSPS) is 19.3. The van der Waals surface area contributed by atoms with Crippen LogP contribution in [0.5, 0.6) is 0 Å². The average Bonchev–Trinajstić information content (AvgIpc) is 2.81. The summed E-state index contributed by atoms with van der Waals surface area (Å²) in [5.41, 5.74) is 0.374. The van der Waals surface area contributed by atoms with Crippen molar-refractivity contribution in [3.63, 3.8) is 0 Å². The molecule has 1 atom stereocenters. The third-order valence-corrected chi connectivity index (χ3v) is 4.26. The quantitative estimate of drug-likeness (QED) is 0.630. The van der Waals surface area contributed by atoms with Crippen molar-refractivity contribution in [3.05, 3.63) is 32.1 Å². The fraction of sp³-hybridized carbons (Fsp3) is 0.417. The first kappa shape index (κ1) is 14.0. The third-order valence-electron chi connectivity index (χ3n) is 3.12. The van der Waals surface area contributed by atoms with E-state index in [2.05, 4.69) is 5.32 Å². The maximum Gasteiger partial charge on any atom is 0.255 e. The molecule has 1 N–H and O–H groups in total. The van der Waals surface area contributed by atoms with Gasteiger partial charge in [0.1, 0.15) is 5.82 Å². The van der Waals surface area contributed by atoms with Gasteiger partial charge in [0, 0.05) is 22.7 Å². The summed E-state index contributed by atoms with van der Waals surface area (Å²) in [4.78, 5) is 14.0. The van der Waals surface area contributed by atoms with E-state index < -0.39 is 5.82 Å². The summed E-state index contributed by atoms with van der Waals surface area (Å²) in [6, 6.07) is 3.03. The standard InChI is InChI=1S/C12H13ClFIN2O/c1-16-7-2-3-17(6-7)12(18)8-4-11(15)10(14)5-9(8)13/h4-5,7,16H,2-3,6H2,1H3/t7-/m0/s1. The summed E-state index contributed by atoms with van der Waals surface area (Å²) in [7, 11) is 1.88. The zero-order chi connectivity index (χ0) is 13.3. The first-order chi connectivity index (χ1) is 8.52. The maximum atomic E-state index is 13.3. The topological polar surface area (TPSA) is 32.3 Å². The molecule has 2 rings (SSSR count). The highest BCUT2D eigenvalue weighted by Gasteiger charge is 2.27. The molecule has 0 aliphatic carbocycles. The Bertz CT molecular complexity index is 483. The molecule has 1 fully saturated rings. The molecule has 3 nitrogen and oxygen atoms in total. The van der Waals surface area contributed by atoms with E-state index in [4.69, 9.17) is 11.6 Å². The molecule has 0 bridgehead atoms. The van der Waals surface area contributed by atoms with Crippen molar-refractivity contribution in [3.8, 4) is 0 Å². The zero-order valence-electron chi connectivity index (χ0n) is 9.84. The molecule has 0 saturated carbocycles. The van der Waals surface area contributed by atoms with Crippen molar-refractivity contribution in [2.75, 3.05) is 20.1 Å². The second kappa shape index (κ2) is 5.71. The Morgan fingerprint density at radius 3 is 2.94 bits per heavy atom. The van der Waals surface area contributed by atoms with Crippen LogP contribution >= 0.6 is 34.2 Å². The molecule has 98 valence electrons. The van der Waals surface area contributed by atoms with Crippen LogP contribution in [0.1, 0.15) is 16.8 Å². The Kier molecular flexibility index (Phi) is 4.45. The van der Waals surface area contributed by atoms with Gasteiger partial charge in [-0.3, -0.25) is 4.79 Å². The minimum absolute atomic E-state index is 0.129. The second-order valence-corrected chi connectivity index (χ2v) is 5.84. The number of nitrogens with one attached hydrogen (secondary N) is 1. The van der Waals surface area contributed by atoms with E-state index in [9.17, 15) is 9.18 Å². The largest absolute Gasteiger partial charge is 0.337 e. The van der Waals surface area contributed by atoms with Gasteiger partial charge in [0.2, 0.25) is 0 Å². The molecule has 1 heterocycles. The van der Waals surface area contributed by atoms with Crippen LogP contribution in [0.25, 0.3) is 0 Å². The average molecular weight is 383 g/mol. The molecule has 0 radical (unpaired) electrons. The minimum Gasteiger partial charge on any atom is -0.337 e. The number of carbonyl (C=O) groups excluding carboxylic acids is 1. The SMILES string of the molecule is CN[C@H]1CCN(C(=O)c2cc(I)c(F)cc2Cl)C1. The van der Waals surface area contributed by atoms with Crippen LogP contribution < -0.4 is 5.32 Å². The molecule has 1 amide bonds. The molecule has 1 saturated heterocycles. The number of hydrogen-bond acceptors (Lipinski definition) is 2. The fourth-order valence-electron chi connectivity index (χ4n) is 2.04. The predicted octanol–water partition coefficient (Wildman–Crippen LogP) is 2.52. The van der Waals surface area contributed by atoms with Gasteiger partial charge in [-0.05, 0) is 48.2 Å². The maximum absolute atomic E-state index is 13.3. The number of hydrogen-bond donors (Lipinski definition) is 1. The van der Waals surface area contributed by atoms with Gasteiger partial charge >= 0.3 is 0 Å². The molecular weight excluding hydrogens is 370 g/mol. The van der Waals surface area contributed by atoms with Gasteiger partial charge in [-0.1, -0.05) is 11.6 Å². The minimum atomic E-state index is -0.397. The zero-order valence-corrected chi connectivity index (χ0v) is 12.8. The van der Waals surface area contributed by atoms with Crippen molar-refractivity contribution >= 4 is 40.1 Å². The number of nitrogens with zero attached hydrogens (tertiary/aromatic N) is 1. The van der Waals surface area contributed by atoms with Gasteiger partial charge in [-0.15, -0.1) is 0 Å². The summed E-state index contributed by atoms with van der Waals surface area (Å²) in [5, 5.41) is 3.32. The fourth-order valence-corrected chi connectivity index (χ4v) is 2.74. The van der Waals surface area contributed by atoms with E-state index in [1.54, 1.807) is 4.90 Å². The van der Waals surface area contributed by atoms with Crippen LogP contribution in [0.4, 0.5) is 4.39 Å². The summed E-state index contributed by atoms with van der Waals surface area (Å²) >= 11 is 7.80. The lowest BCUT2D eigenvalue weighted by Gasteiger charge is -2.17. The summed E-state index contributed by atoms with van der Waals surface area (Å²) in [5.74, 6) is -0.526. The predicted molar refractivity (Wildman–Crippen MR) is 77.5 cm³/mol. The van der Waals surface area contributed by atoms with Crippen LogP contribution in [-0.4, -0.2) is 37.0 Å². The summed E-state index contributed by atoms with van der Waals surface area (Å²) in [6.07, 6.45) is 0.929. The van der Waals surface area contributed by atoms with Gasteiger partial charge in [-0.2, -0.15) is 0 Å². The Morgan fingerprint density at radius 2 is 2.33 bits per heavy atom. The van der Waals surface area contributed by atoms with Crippen LogP contribution in [0.2, 0.25) is 5.02 Å². The van der Waals surface area contributed by atoms with Gasteiger partial charge in [0.15, 0.2) is 0 Å². The molecule has 1 aromatic carbocycles. The highest BCUT2D eigenvalue weighted by atomic mass is 127. The summed E-state index contributed by atoms with van der Waals surface area (Å²) in [6.45, 7) is 1.37. The van der Waals surface area contributed by atoms with Crippen LogP contribution in [0.3, 0.4) is 0 Å². The number of carbonyl (C=O) groups is 1. The molecule has 0 spiro atoms. The van der Waals surface area contributed by atoms with E-state index in [0.29, 0.717) is 28.3 Å². The number of likely N-dealkylation sites (tertiary alicyclic amines) is 1. The number of halogens is 3. The number of rotatable bonds is 2. The molecule has 1 aliphatic heterocycles. The first-order valence-electron chi connectivity index (χ1n) is 5.64. The third kappa shape index (κ3) is 2.78. The van der Waals surface area contributed by atoms with Gasteiger partial charge < -0.3 is 10.2 Å².